The number of hydrogen-bond acceptors (Lipinski definition) is 3. The molecule has 0 saturated heterocycles. The zero-order valence-electron chi connectivity index (χ0n) is 11.2. The number of amides is 1. The Labute approximate surface area is 108 Å². The van der Waals surface area contributed by atoms with Crippen LogP contribution in [0.3, 0.4) is 0 Å². The molecule has 1 aromatic rings. The van der Waals surface area contributed by atoms with E-state index >= 15 is 0 Å². The smallest absolute Gasteiger partial charge is 0.272 e. The fourth-order valence-electron chi connectivity index (χ4n) is 2.14. The van der Waals surface area contributed by atoms with Gasteiger partial charge in [-0.2, -0.15) is 5.10 Å². The summed E-state index contributed by atoms with van der Waals surface area (Å²) in [7, 11) is 1.83. The normalized spacial score (nSPS) is 14.8. The molecule has 0 atom stereocenters. The van der Waals surface area contributed by atoms with Crippen LogP contribution in [0.15, 0.2) is 6.07 Å². The maximum Gasteiger partial charge on any atom is 0.272 e. The Kier molecular flexibility index (Phi) is 4.01. The predicted molar refractivity (Wildman–Crippen MR) is 70.3 cm³/mol. The molecule has 0 spiro atoms. The molecular formula is C13H22N4O. The highest BCUT2D eigenvalue weighted by atomic mass is 16.2. The molecule has 1 aliphatic carbocycles. The molecule has 1 fully saturated rings. The van der Waals surface area contributed by atoms with Crippen molar-refractivity contribution in [2.24, 2.45) is 12.8 Å². The molecule has 1 saturated carbocycles. The fourth-order valence-corrected chi connectivity index (χ4v) is 2.14. The summed E-state index contributed by atoms with van der Waals surface area (Å²) in [5.41, 5.74) is 7.19. The van der Waals surface area contributed by atoms with Crippen LogP contribution in [-0.4, -0.2) is 39.7 Å². The Morgan fingerprint density at radius 2 is 2.33 bits per heavy atom. The van der Waals surface area contributed by atoms with Crippen molar-refractivity contribution in [1.82, 2.24) is 14.7 Å². The predicted octanol–water partition coefficient (Wildman–Crippen LogP) is 0.936. The van der Waals surface area contributed by atoms with Crippen molar-refractivity contribution in [2.45, 2.75) is 38.6 Å². The summed E-state index contributed by atoms with van der Waals surface area (Å²) in [4.78, 5) is 14.5. The second kappa shape index (κ2) is 5.52. The standard InChI is InChI=1S/C13H22N4O/c1-3-10-9-12(16(2)15-10)13(18)17(8-4-7-14)11-5-6-11/h9,11H,3-8,14H2,1-2H3. The van der Waals surface area contributed by atoms with E-state index in [2.05, 4.69) is 5.10 Å². The Balaban J connectivity index is 2.13. The molecule has 100 valence electrons. The van der Waals surface area contributed by atoms with Crippen molar-refractivity contribution in [1.29, 1.82) is 0 Å². The number of carbonyl (C=O) groups is 1. The molecule has 1 aromatic heterocycles. The van der Waals surface area contributed by atoms with Crippen LogP contribution in [0.25, 0.3) is 0 Å². The van der Waals surface area contributed by atoms with Gasteiger partial charge in [-0.1, -0.05) is 6.92 Å². The third-order valence-electron chi connectivity index (χ3n) is 3.36. The van der Waals surface area contributed by atoms with Gasteiger partial charge in [-0.05, 0) is 38.3 Å². The molecule has 2 N–H and O–H groups in total. The van der Waals surface area contributed by atoms with Crippen LogP contribution in [-0.2, 0) is 13.5 Å². The van der Waals surface area contributed by atoms with Gasteiger partial charge in [0.25, 0.3) is 5.91 Å². The number of aryl methyl sites for hydroxylation is 2. The third kappa shape index (κ3) is 2.72. The average molecular weight is 250 g/mol. The zero-order chi connectivity index (χ0) is 13.1. The molecule has 1 heterocycles. The number of nitrogens with two attached hydrogens (primary N) is 1. The first-order valence-electron chi connectivity index (χ1n) is 6.71. The lowest BCUT2D eigenvalue weighted by Gasteiger charge is -2.21. The van der Waals surface area contributed by atoms with E-state index in [1.807, 2.05) is 24.9 Å². The minimum absolute atomic E-state index is 0.0978. The maximum atomic E-state index is 12.5. The van der Waals surface area contributed by atoms with Gasteiger partial charge < -0.3 is 10.6 Å². The molecular weight excluding hydrogens is 228 g/mol. The molecule has 1 aliphatic rings. The molecule has 0 aliphatic heterocycles. The second-order valence-electron chi connectivity index (χ2n) is 4.87. The Hall–Kier alpha value is -1.36. The second-order valence-corrected chi connectivity index (χ2v) is 4.87. The van der Waals surface area contributed by atoms with Crippen molar-refractivity contribution in [3.8, 4) is 0 Å². The lowest BCUT2D eigenvalue weighted by atomic mass is 10.2. The van der Waals surface area contributed by atoms with Crippen molar-refractivity contribution >= 4 is 5.91 Å². The largest absolute Gasteiger partial charge is 0.334 e. The van der Waals surface area contributed by atoms with Crippen LogP contribution in [0.4, 0.5) is 0 Å². The first kappa shape index (κ1) is 13.1. The van der Waals surface area contributed by atoms with Gasteiger partial charge in [-0.25, -0.2) is 0 Å². The summed E-state index contributed by atoms with van der Waals surface area (Å²) in [6.07, 6.45) is 3.96. The summed E-state index contributed by atoms with van der Waals surface area (Å²) >= 11 is 0. The van der Waals surface area contributed by atoms with Crippen LogP contribution in [0.5, 0.6) is 0 Å². The Morgan fingerprint density at radius 3 is 2.83 bits per heavy atom. The lowest BCUT2D eigenvalue weighted by Crippen LogP contribution is -2.36. The van der Waals surface area contributed by atoms with E-state index in [0.29, 0.717) is 18.3 Å². The molecule has 0 unspecified atom stereocenters. The summed E-state index contributed by atoms with van der Waals surface area (Å²) < 4.78 is 1.69. The van der Waals surface area contributed by atoms with Crippen LogP contribution in [0.1, 0.15) is 42.4 Å². The SMILES string of the molecule is CCc1cc(C(=O)N(CCCN)C2CC2)n(C)n1. The van der Waals surface area contributed by atoms with Crippen molar-refractivity contribution in [3.05, 3.63) is 17.5 Å². The van der Waals surface area contributed by atoms with Gasteiger partial charge in [0, 0.05) is 19.6 Å². The molecule has 0 bridgehead atoms. The number of aromatic nitrogens is 2. The molecule has 5 nitrogen and oxygen atoms in total. The quantitative estimate of drug-likeness (QED) is 0.817. The molecule has 0 aromatic carbocycles. The maximum absolute atomic E-state index is 12.5. The van der Waals surface area contributed by atoms with Gasteiger partial charge in [0.2, 0.25) is 0 Å². The van der Waals surface area contributed by atoms with Crippen molar-refractivity contribution < 1.29 is 4.79 Å². The summed E-state index contributed by atoms with van der Waals surface area (Å²) in [6.45, 7) is 3.43. The lowest BCUT2D eigenvalue weighted by molar-refractivity contribution is 0.0731. The van der Waals surface area contributed by atoms with Crippen molar-refractivity contribution in [3.63, 3.8) is 0 Å². The monoisotopic (exact) mass is 250 g/mol. The van der Waals surface area contributed by atoms with Gasteiger partial charge in [0.15, 0.2) is 0 Å². The van der Waals surface area contributed by atoms with Gasteiger partial charge >= 0.3 is 0 Å². The first-order chi connectivity index (χ1) is 8.67. The van der Waals surface area contributed by atoms with Gasteiger partial charge in [0.1, 0.15) is 5.69 Å². The van der Waals surface area contributed by atoms with Crippen LogP contribution in [0, 0.1) is 0 Å². The van der Waals surface area contributed by atoms with E-state index in [9.17, 15) is 4.79 Å². The topological polar surface area (TPSA) is 64.2 Å². The summed E-state index contributed by atoms with van der Waals surface area (Å²) in [5, 5.41) is 4.34. The zero-order valence-corrected chi connectivity index (χ0v) is 11.2. The molecule has 2 rings (SSSR count). The van der Waals surface area contributed by atoms with E-state index in [0.717, 1.165) is 37.9 Å². The number of rotatable bonds is 6. The number of hydrogen-bond donors (Lipinski definition) is 1. The number of carbonyl (C=O) groups excluding carboxylic acids is 1. The molecule has 1 amide bonds. The van der Waals surface area contributed by atoms with E-state index in [1.54, 1.807) is 4.68 Å². The minimum atomic E-state index is 0.0978. The van der Waals surface area contributed by atoms with E-state index in [4.69, 9.17) is 5.73 Å². The first-order valence-corrected chi connectivity index (χ1v) is 6.71. The Morgan fingerprint density at radius 1 is 1.61 bits per heavy atom. The van der Waals surface area contributed by atoms with Crippen molar-refractivity contribution in [2.75, 3.05) is 13.1 Å². The van der Waals surface area contributed by atoms with E-state index in [-0.39, 0.29) is 5.91 Å². The van der Waals surface area contributed by atoms with E-state index in [1.165, 1.54) is 0 Å². The number of nitrogens with zero attached hydrogens (tertiary/aromatic N) is 3. The van der Waals surface area contributed by atoms with Crippen LogP contribution in [0.2, 0.25) is 0 Å². The van der Waals surface area contributed by atoms with Gasteiger partial charge in [-0.3, -0.25) is 9.48 Å². The highest BCUT2D eigenvalue weighted by Crippen LogP contribution is 2.28. The van der Waals surface area contributed by atoms with E-state index < -0.39 is 0 Å². The average Bonchev–Trinajstić information content (AvgIpc) is 3.12. The van der Waals surface area contributed by atoms with Crippen LogP contribution >= 0.6 is 0 Å². The molecule has 18 heavy (non-hydrogen) atoms. The van der Waals surface area contributed by atoms with Crippen LogP contribution < -0.4 is 5.73 Å². The highest BCUT2D eigenvalue weighted by molar-refractivity contribution is 5.93. The minimum Gasteiger partial charge on any atom is -0.334 e. The molecule has 0 radical (unpaired) electrons. The Bertz CT molecular complexity index is 423. The fraction of sp³-hybridized carbons (Fsp3) is 0.692. The van der Waals surface area contributed by atoms with Gasteiger partial charge in [-0.15, -0.1) is 0 Å². The molecule has 5 heteroatoms. The third-order valence-corrected chi connectivity index (χ3v) is 3.36. The summed E-state index contributed by atoms with van der Waals surface area (Å²) in [5.74, 6) is 0.0978. The van der Waals surface area contributed by atoms with Gasteiger partial charge in [0.05, 0.1) is 5.69 Å². The summed E-state index contributed by atoms with van der Waals surface area (Å²) in [6, 6.07) is 2.32. The highest BCUT2D eigenvalue weighted by Gasteiger charge is 2.33.